The van der Waals surface area contributed by atoms with Crippen molar-refractivity contribution in [3.63, 3.8) is 0 Å². The summed E-state index contributed by atoms with van der Waals surface area (Å²) in [6.07, 6.45) is 3.92. The number of methoxy groups -OCH3 is 1. The molecular formula is C32H28BrNO4. The highest BCUT2D eigenvalue weighted by molar-refractivity contribution is 9.10. The second kappa shape index (κ2) is 8.50. The van der Waals surface area contributed by atoms with E-state index < -0.39 is 28.8 Å². The van der Waals surface area contributed by atoms with Gasteiger partial charge in [-0.1, -0.05) is 85.3 Å². The van der Waals surface area contributed by atoms with Gasteiger partial charge in [0.1, 0.15) is 11.2 Å². The standard InChI is InChI=1S/C32H28BrNO4/c1-31(2,3)30(37)27-26(19-8-7-9-21(17-19)38-4)32(28(35)22-10-5-6-11-23(22)29(32)36)25-15-12-18-16-20(33)13-14-24(18)34(25)27/h5-17,25-27H,1-4H3/t25-,26+,27-/m1/s1. The van der Waals surface area contributed by atoms with Crippen molar-refractivity contribution >= 4 is 45.0 Å². The number of nitrogens with zero attached hydrogens (tertiary/aromatic N) is 1. The van der Waals surface area contributed by atoms with Gasteiger partial charge >= 0.3 is 0 Å². The van der Waals surface area contributed by atoms with Crippen LogP contribution in [0.15, 0.2) is 77.3 Å². The Morgan fingerprint density at radius 3 is 2.26 bits per heavy atom. The Labute approximate surface area is 230 Å². The third-order valence-electron chi connectivity index (χ3n) is 8.23. The summed E-state index contributed by atoms with van der Waals surface area (Å²) in [5.41, 5.74) is 1.13. The van der Waals surface area contributed by atoms with E-state index in [4.69, 9.17) is 4.74 Å². The molecule has 3 aliphatic rings. The molecule has 3 atom stereocenters. The van der Waals surface area contributed by atoms with Crippen molar-refractivity contribution in [2.45, 2.75) is 38.8 Å². The van der Waals surface area contributed by atoms with Crippen molar-refractivity contribution in [3.05, 3.63) is 99.5 Å². The molecule has 2 heterocycles. The molecule has 1 saturated heterocycles. The maximum atomic E-state index is 14.6. The number of benzene rings is 3. The minimum atomic E-state index is -1.50. The fraction of sp³-hybridized carbons (Fsp3) is 0.281. The van der Waals surface area contributed by atoms with E-state index in [-0.39, 0.29) is 17.3 Å². The van der Waals surface area contributed by atoms with Crippen LogP contribution in [0.1, 0.15) is 58.5 Å². The maximum Gasteiger partial charge on any atom is 0.180 e. The number of anilines is 1. The maximum absolute atomic E-state index is 14.6. The van der Waals surface area contributed by atoms with E-state index in [9.17, 15) is 14.4 Å². The third kappa shape index (κ3) is 3.25. The van der Waals surface area contributed by atoms with Crippen molar-refractivity contribution in [2.24, 2.45) is 10.8 Å². The SMILES string of the molecule is COc1cccc([C@H]2[C@H](C(=O)C(C)(C)C)N3c4ccc(Br)cc4C=C[C@@H]3C23C(=O)c2ccccc2C3=O)c1. The quantitative estimate of drug-likeness (QED) is 0.336. The smallest absolute Gasteiger partial charge is 0.180 e. The molecule has 0 radical (unpaired) electrons. The Morgan fingerprint density at radius 2 is 1.63 bits per heavy atom. The Morgan fingerprint density at radius 1 is 0.947 bits per heavy atom. The van der Waals surface area contributed by atoms with Gasteiger partial charge in [-0.05, 0) is 41.5 Å². The molecular weight excluding hydrogens is 542 g/mol. The molecule has 3 aromatic carbocycles. The number of carbonyl (C=O) groups is 3. The zero-order valence-corrected chi connectivity index (χ0v) is 23.3. The first kappa shape index (κ1) is 24.8. The summed E-state index contributed by atoms with van der Waals surface area (Å²) >= 11 is 3.56. The lowest BCUT2D eigenvalue weighted by molar-refractivity contribution is -0.127. The molecule has 1 aliphatic carbocycles. The van der Waals surface area contributed by atoms with E-state index in [1.807, 2.05) is 80.3 Å². The van der Waals surface area contributed by atoms with Crippen LogP contribution < -0.4 is 9.64 Å². The van der Waals surface area contributed by atoms with Crippen LogP contribution in [0.3, 0.4) is 0 Å². The highest BCUT2D eigenvalue weighted by atomic mass is 79.9. The van der Waals surface area contributed by atoms with E-state index in [2.05, 4.69) is 15.9 Å². The summed E-state index contributed by atoms with van der Waals surface area (Å²) < 4.78 is 6.46. The molecule has 192 valence electrons. The predicted octanol–water partition coefficient (Wildman–Crippen LogP) is 6.51. The lowest BCUT2D eigenvalue weighted by Gasteiger charge is -2.38. The summed E-state index contributed by atoms with van der Waals surface area (Å²) in [4.78, 5) is 45.6. The molecule has 2 aliphatic heterocycles. The topological polar surface area (TPSA) is 63.7 Å². The van der Waals surface area contributed by atoms with Crippen molar-refractivity contribution in [3.8, 4) is 5.75 Å². The Balaban J connectivity index is 1.70. The Bertz CT molecular complexity index is 1510. The summed E-state index contributed by atoms with van der Waals surface area (Å²) in [5, 5.41) is 0. The van der Waals surface area contributed by atoms with Crippen molar-refractivity contribution in [2.75, 3.05) is 12.0 Å². The fourth-order valence-electron chi connectivity index (χ4n) is 6.60. The zero-order valence-electron chi connectivity index (χ0n) is 21.7. The van der Waals surface area contributed by atoms with Crippen LogP contribution in [0, 0.1) is 10.8 Å². The number of hydrogen-bond acceptors (Lipinski definition) is 5. The second-order valence-electron chi connectivity index (χ2n) is 11.3. The molecule has 0 aromatic heterocycles. The molecule has 3 aromatic rings. The van der Waals surface area contributed by atoms with Gasteiger partial charge < -0.3 is 9.64 Å². The van der Waals surface area contributed by atoms with Crippen LogP contribution in [-0.2, 0) is 4.79 Å². The second-order valence-corrected chi connectivity index (χ2v) is 12.2. The monoisotopic (exact) mass is 569 g/mol. The molecule has 0 bridgehead atoms. The molecule has 0 saturated carbocycles. The van der Waals surface area contributed by atoms with E-state index in [0.29, 0.717) is 16.9 Å². The zero-order chi connectivity index (χ0) is 27.0. The molecule has 38 heavy (non-hydrogen) atoms. The van der Waals surface area contributed by atoms with Crippen molar-refractivity contribution in [1.29, 1.82) is 0 Å². The van der Waals surface area contributed by atoms with Crippen LogP contribution in [-0.4, -0.2) is 36.5 Å². The lowest BCUT2D eigenvalue weighted by atomic mass is 9.63. The normalized spacial score (nSPS) is 22.9. The fourth-order valence-corrected chi connectivity index (χ4v) is 6.98. The third-order valence-corrected chi connectivity index (χ3v) is 8.72. The number of fused-ring (bicyclic) bond motifs is 5. The van der Waals surface area contributed by atoms with Gasteiger partial charge in [-0.2, -0.15) is 0 Å². The molecule has 0 unspecified atom stereocenters. The molecule has 6 heteroatoms. The minimum Gasteiger partial charge on any atom is -0.497 e. The average Bonchev–Trinajstić information content (AvgIpc) is 3.33. The van der Waals surface area contributed by atoms with Gasteiger partial charge in [-0.15, -0.1) is 0 Å². The van der Waals surface area contributed by atoms with Gasteiger partial charge in [0.15, 0.2) is 17.3 Å². The Hall–Kier alpha value is -3.51. The summed E-state index contributed by atoms with van der Waals surface area (Å²) in [7, 11) is 1.59. The van der Waals surface area contributed by atoms with E-state index >= 15 is 0 Å². The van der Waals surface area contributed by atoms with Crippen LogP contribution in [0.25, 0.3) is 6.08 Å². The number of rotatable bonds is 3. The van der Waals surface area contributed by atoms with Gasteiger partial charge in [0.25, 0.3) is 0 Å². The van der Waals surface area contributed by atoms with E-state index in [1.54, 1.807) is 31.4 Å². The first-order valence-electron chi connectivity index (χ1n) is 12.7. The van der Waals surface area contributed by atoms with Crippen molar-refractivity contribution in [1.82, 2.24) is 0 Å². The summed E-state index contributed by atoms with van der Waals surface area (Å²) in [6.45, 7) is 5.69. The van der Waals surface area contributed by atoms with Gasteiger partial charge in [-0.25, -0.2) is 0 Å². The number of ether oxygens (including phenoxy) is 1. The Kier molecular flexibility index (Phi) is 5.55. The minimum absolute atomic E-state index is 0.0204. The number of carbonyl (C=O) groups excluding carboxylic acids is 3. The molecule has 1 fully saturated rings. The van der Waals surface area contributed by atoms with Gasteiger partial charge in [0.05, 0.1) is 19.2 Å². The highest BCUT2D eigenvalue weighted by Gasteiger charge is 2.71. The number of halogens is 1. The number of ketones is 3. The number of Topliss-reactive ketones (excluding diaryl/α,β-unsaturated/α-hetero) is 3. The van der Waals surface area contributed by atoms with E-state index in [0.717, 1.165) is 21.3 Å². The van der Waals surface area contributed by atoms with Gasteiger partial charge in [0, 0.05) is 32.6 Å². The average molecular weight is 570 g/mol. The lowest BCUT2D eigenvalue weighted by Crippen LogP contribution is -2.49. The molecule has 0 N–H and O–H groups in total. The molecule has 5 nitrogen and oxygen atoms in total. The molecule has 6 rings (SSSR count). The summed E-state index contributed by atoms with van der Waals surface area (Å²) in [6, 6.07) is 19.0. The van der Waals surface area contributed by atoms with Crippen molar-refractivity contribution < 1.29 is 19.1 Å². The van der Waals surface area contributed by atoms with Crippen LogP contribution >= 0.6 is 15.9 Å². The van der Waals surface area contributed by atoms with E-state index in [1.165, 1.54) is 0 Å². The first-order valence-corrected chi connectivity index (χ1v) is 13.5. The first-order chi connectivity index (χ1) is 18.1. The van der Waals surface area contributed by atoms with Crippen LogP contribution in [0.4, 0.5) is 5.69 Å². The number of hydrogen-bond donors (Lipinski definition) is 0. The molecule has 1 spiro atoms. The van der Waals surface area contributed by atoms with Gasteiger partial charge in [-0.3, -0.25) is 14.4 Å². The largest absolute Gasteiger partial charge is 0.497 e. The van der Waals surface area contributed by atoms with Crippen LogP contribution in [0.2, 0.25) is 0 Å². The van der Waals surface area contributed by atoms with Gasteiger partial charge in [0.2, 0.25) is 0 Å². The summed E-state index contributed by atoms with van der Waals surface area (Å²) in [5.74, 6) is -0.584. The highest BCUT2D eigenvalue weighted by Crippen LogP contribution is 2.61. The molecule has 0 amide bonds. The van der Waals surface area contributed by atoms with Crippen LogP contribution in [0.5, 0.6) is 5.75 Å². The predicted molar refractivity (Wildman–Crippen MR) is 151 cm³/mol.